The second-order valence-corrected chi connectivity index (χ2v) is 4.62. The normalized spacial score (nSPS) is 15.9. The van der Waals surface area contributed by atoms with Crippen LogP contribution < -0.4 is 10.2 Å². The number of anilines is 2. The highest BCUT2D eigenvalue weighted by Gasteiger charge is 2.25. The topological polar surface area (TPSA) is 41.1 Å². The number of halogens is 1. The minimum atomic E-state index is -0.328. The van der Waals surface area contributed by atoms with Crippen LogP contribution in [0.2, 0.25) is 0 Å². The van der Waals surface area contributed by atoms with E-state index in [1.165, 1.54) is 19.0 Å². The third-order valence-corrected chi connectivity index (χ3v) is 3.44. The fourth-order valence-electron chi connectivity index (χ4n) is 2.60. The molecule has 1 fully saturated rings. The summed E-state index contributed by atoms with van der Waals surface area (Å²) in [7, 11) is 0. The van der Waals surface area contributed by atoms with Crippen molar-refractivity contribution in [2.75, 3.05) is 23.3 Å². The largest absolute Gasteiger partial charge is 0.354 e. The van der Waals surface area contributed by atoms with Crippen LogP contribution in [-0.2, 0) is 0 Å². The van der Waals surface area contributed by atoms with Gasteiger partial charge in [0, 0.05) is 19.1 Å². The Morgan fingerprint density at radius 1 is 1.39 bits per heavy atom. The second-order valence-electron chi connectivity index (χ2n) is 4.62. The Hall–Kier alpha value is -1.39. The first-order valence-electron chi connectivity index (χ1n) is 6.79. The van der Waals surface area contributed by atoms with Crippen molar-refractivity contribution < 1.29 is 4.39 Å². The van der Waals surface area contributed by atoms with Crippen LogP contribution in [0.25, 0.3) is 0 Å². The highest BCUT2D eigenvalue weighted by Crippen LogP contribution is 2.28. The first kappa shape index (κ1) is 13.1. The molecule has 1 aromatic rings. The Kier molecular flexibility index (Phi) is 4.33. The lowest BCUT2D eigenvalue weighted by molar-refractivity contribution is 0.564. The van der Waals surface area contributed by atoms with E-state index in [0.29, 0.717) is 17.8 Å². The molecule has 0 bridgehead atoms. The van der Waals surface area contributed by atoms with Crippen LogP contribution in [0.5, 0.6) is 0 Å². The molecule has 0 atom stereocenters. The van der Waals surface area contributed by atoms with Crippen molar-refractivity contribution in [1.29, 1.82) is 0 Å². The Bertz CT molecular complexity index is 391. The lowest BCUT2D eigenvalue weighted by Crippen LogP contribution is -2.34. The van der Waals surface area contributed by atoms with E-state index in [0.717, 1.165) is 25.9 Å². The van der Waals surface area contributed by atoms with Crippen LogP contribution in [-0.4, -0.2) is 29.1 Å². The molecule has 0 spiro atoms. The number of rotatable bonds is 5. The highest BCUT2D eigenvalue weighted by atomic mass is 19.1. The Labute approximate surface area is 108 Å². The first-order chi connectivity index (χ1) is 8.76. The molecule has 0 aliphatic heterocycles. The van der Waals surface area contributed by atoms with E-state index in [9.17, 15) is 4.39 Å². The van der Waals surface area contributed by atoms with E-state index >= 15 is 0 Å². The zero-order valence-electron chi connectivity index (χ0n) is 11.1. The highest BCUT2D eigenvalue weighted by molar-refractivity contribution is 5.45. The average Bonchev–Trinajstić information content (AvgIpc) is 2.88. The van der Waals surface area contributed by atoms with Crippen molar-refractivity contribution in [2.24, 2.45) is 0 Å². The van der Waals surface area contributed by atoms with Gasteiger partial charge >= 0.3 is 0 Å². The van der Waals surface area contributed by atoms with Gasteiger partial charge in [0.2, 0.25) is 5.95 Å². The molecule has 5 heteroatoms. The van der Waals surface area contributed by atoms with E-state index in [4.69, 9.17) is 0 Å². The predicted octanol–water partition coefficient (Wildman–Crippen LogP) is 2.82. The van der Waals surface area contributed by atoms with Gasteiger partial charge in [0.1, 0.15) is 0 Å². The van der Waals surface area contributed by atoms with Crippen molar-refractivity contribution >= 4 is 11.8 Å². The van der Waals surface area contributed by atoms with Crippen molar-refractivity contribution in [2.45, 2.75) is 45.6 Å². The summed E-state index contributed by atoms with van der Waals surface area (Å²) in [6.45, 7) is 5.54. The maximum absolute atomic E-state index is 13.9. The van der Waals surface area contributed by atoms with E-state index in [2.05, 4.69) is 20.2 Å². The van der Waals surface area contributed by atoms with E-state index < -0.39 is 0 Å². The summed E-state index contributed by atoms with van der Waals surface area (Å²) in [6, 6.07) is 0.425. The van der Waals surface area contributed by atoms with Crippen LogP contribution in [0.1, 0.15) is 39.5 Å². The smallest absolute Gasteiger partial charge is 0.224 e. The molecule has 18 heavy (non-hydrogen) atoms. The molecule has 0 saturated heterocycles. The molecular weight excluding hydrogens is 231 g/mol. The van der Waals surface area contributed by atoms with Gasteiger partial charge in [-0.05, 0) is 26.7 Å². The lowest BCUT2D eigenvalue weighted by atomic mass is 10.2. The Morgan fingerprint density at radius 3 is 2.72 bits per heavy atom. The number of hydrogen-bond donors (Lipinski definition) is 1. The molecular formula is C13H21FN4. The van der Waals surface area contributed by atoms with Gasteiger partial charge in [-0.2, -0.15) is 4.98 Å². The molecule has 1 heterocycles. The van der Waals surface area contributed by atoms with Gasteiger partial charge in [-0.15, -0.1) is 0 Å². The van der Waals surface area contributed by atoms with E-state index in [-0.39, 0.29) is 5.82 Å². The van der Waals surface area contributed by atoms with E-state index in [1.54, 1.807) is 0 Å². The molecule has 4 nitrogen and oxygen atoms in total. The Morgan fingerprint density at radius 2 is 2.11 bits per heavy atom. The summed E-state index contributed by atoms with van der Waals surface area (Å²) in [5, 5.41) is 3.03. The molecule has 100 valence electrons. The van der Waals surface area contributed by atoms with Gasteiger partial charge in [-0.1, -0.05) is 12.8 Å². The third-order valence-electron chi connectivity index (χ3n) is 3.44. The van der Waals surface area contributed by atoms with Crippen LogP contribution in [0, 0.1) is 5.82 Å². The summed E-state index contributed by atoms with van der Waals surface area (Å²) >= 11 is 0. The lowest BCUT2D eigenvalue weighted by Gasteiger charge is -2.29. The summed E-state index contributed by atoms with van der Waals surface area (Å²) in [4.78, 5) is 10.3. The van der Waals surface area contributed by atoms with Crippen LogP contribution in [0.15, 0.2) is 6.20 Å². The van der Waals surface area contributed by atoms with Gasteiger partial charge < -0.3 is 10.2 Å². The average molecular weight is 252 g/mol. The molecule has 1 aromatic heterocycles. The third kappa shape index (κ3) is 2.71. The SMILES string of the molecule is CCNc1ncc(F)c(N(CC)C2CCCC2)n1. The first-order valence-corrected chi connectivity index (χ1v) is 6.79. The standard InChI is InChI=1S/C13H21FN4/c1-3-15-13-16-9-11(14)12(17-13)18(4-2)10-7-5-6-8-10/h9-10H,3-8H2,1-2H3,(H,15,16,17). The maximum Gasteiger partial charge on any atom is 0.224 e. The Balaban J connectivity index is 2.25. The molecule has 1 aliphatic carbocycles. The zero-order chi connectivity index (χ0) is 13.0. The fraction of sp³-hybridized carbons (Fsp3) is 0.692. The second kappa shape index (κ2) is 5.98. The summed E-state index contributed by atoms with van der Waals surface area (Å²) in [6.07, 6.45) is 5.99. The monoisotopic (exact) mass is 252 g/mol. The van der Waals surface area contributed by atoms with Crippen molar-refractivity contribution in [3.8, 4) is 0 Å². The van der Waals surface area contributed by atoms with Gasteiger partial charge in [0.25, 0.3) is 0 Å². The van der Waals surface area contributed by atoms with Crippen LogP contribution >= 0.6 is 0 Å². The van der Waals surface area contributed by atoms with Crippen LogP contribution in [0.3, 0.4) is 0 Å². The van der Waals surface area contributed by atoms with Crippen molar-refractivity contribution in [3.63, 3.8) is 0 Å². The molecule has 2 rings (SSSR count). The van der Waals surface area contributed by atoms with Crippen molar-refractivity contribution in [3.05, 3.63) is 12.0 Å². The number of nitrogens with zero attached hydrogens (tertiary/aromatic N) is 3. The zero-order valence-corrected chi connectivity index (χ0v) is 11.1. The predicted molar refractivity (Wildman–Crippen MR) is 71.4 cm³/mol. The van der Waals surface area contributed by atoms with Gasteiger partial charge in [-0.3, -0.25) is 0 Å². The van der Waals surface area contributed by atoms with Gasteiger partial charge in [0.15, 0.2) is 11.6 Å². The van der Waals surface area contributed by atoms with Gasteiger partial charge in [0.05, 0.1) is 6.20 Å². The summed E-state index contributed by atoms with van der Waals surface area (Å²) in [5.41, 5.74) is 0. The summed E-state index contributed by atoms with van der Waals surface area (Å²) < 4.78 is 13.9. The molecule has 0 unspecified atom stereocenters. The molecule has 1 aliphatic rings. The number of aromatic nitrogens is 2. The number of hydrogen-bond acceptors (Lipinski definition) is 4. The number of nitrogens with one attached hydrogen (secondary N) is 1. The fourth-order valence-corrected chi connectivity index (χ4v) is 2.60. The minimum absolute atomic E-state index is 0.328. The molecule has 1 saturated carbocycles. The maximum atomic E-state index is 13.9. The molecule has 0 amide bonds. The van der Waals surface area contributed by atoms with Crippen LogP contribution in [0.4, 0.5) is 16.2 Å². The molecule has 0 radical (unpaired) electrons. The summed E-state index contributed by atoms with van der Waals surface area (Å²) in [5.74, 6) is 0.617. The van der Waals surface area contributed by atoms with E-state index in [1.807, 2.05) is 13.8 Å². The molecule has 1 N–H and O–H groups in total. The molecule has 0 aromatic carbocycles. The minimum Gasteiger partial charge on any atom is -0.354 e. The van der Waals surface area contributed by atoms with Crippen molar-refractivity contribution in [1.82, 2.24) is 9.97 Å². The quantitative estimate of drug-likeness (QED) is 0.875. The van der Waals surface area contributed by atoms with Gasteiger partial charge in [-0.25, -0.2) is 9.37 Å².